The van der Waals surface area contributed by atoms with Crippen molar-refractivity contribution < 1.29 is 4.79 Å². The molecule has 0 amide bonds. The Morgan fingerprint density at radius 3 is 1.24 bits per heavy atom. The number of ketones is 1. The van der Waals surface area contributed by atoms with Gasteiger partial charge in [0.1, 0.15) is 5.41 Å². The number of nitrogens with zero attached hydrogens (tertiary/aromatic N) is 2. The maximum absolute atomic E-state index is 14.7. The molecule has 0 saturated carbocycles. The number of rotatable bonds is 11. The molecule has 0 fully saturated rings. The molecule has 0 unspecified atom stereocenters. The summed E-state index contributed by atoms with van der Waals surface area (Å²) in [4.78, 5) is 19.4. The van der Waals surface area contributed by atoms with Crippen molar-refractivity contribution in [1.82, 2.24) is 0 Å². The van der Waals surface area contributed by atoms with Crippen molar-refractivity contribution in [3.63, 3.8) is 0 Å². The van der Waals surface area contributed by atoms with E-state index in [-0.39, 0.29) is 5.78 Å². The summed E-state index contributed by atoms with van der Waals surface area (Å²) in [6, 6.07) is 37.1. The van der Waals surface area contributed by atoms with Crippen LogP contribution in [-0.2, 0) is 5.41 Å². The first-order chi connectivity index (χ1) is 18.1. The molecule has 0 radical (unpaired) electrons. The molecule has 0 saturated heterocycles. The molecule has 0 heterocycles. The Hall–Kier alpha value is -3.85. The van der Waals surface area contributed by atoms with Crippen LogP contribution in [0, 0.1) is 0 Å². The Balaban J connectivity index is 1.99. The van der Waals surface area contributed by atoms with E-state index in [1.54, 1.807) is 0 Å². The summed E-state index contributed by atoms with van der Waals surface area (Å²) in [5.74, 6) is 0.0745. The molecule has 0 bridgehead atoms. The second-order valence-corrected chi connectivity index (χ2v) is 9.25. The van der Waals surface area contributed by atoms with Gasteiger partial charge in [-0.2, -0.15) is 0 Å². The molecule has 37 heavy (non-hydrogen) atoms. The number of hydrogen-bond donors (Lipinski definition) is 0. The fourth-order valence-electron chi connectivity index (χ4n) is 5.41. The molecule has 0 spiro atoms. The quantitative estimate of drug-likeness (QED) is 0.160. The largest absolute Gasteiger partial charge is 0.372 e. The first-order valence-corrected chi connectivity index (χ1v) is 13.5. The van der Waals surface area contributed by atoms with Crippen LogP contribution in [0.3, 0.4) is 0 Å². The lowest BCUT2D eigenvalue weighted by Crippen LogP contribution is -2.39. The fraction of sp³-hybridized carbons (Fsp3) is 0.265. The van der Waals surface area contributed by atoms with Gasteiger partial charge in [-0.15, -0.1) is 0 Å². The lowest BCUT2D eigenvalue weighted by Gasteiger charge is -2.35. The highest BCUT2D eigenvalue weighted by Crippen LogP contribution is 2.43. The third-order valence-corrected chi connectivity index (χ3v) is 7.44. The number of anilines is 2. The van der Waals surface area contributed by atoms with Crippen LogP contribution >= 0.6 is 0 Å². The van der Waals surface area contributed by atoms with Crippen LogP contribution in [0.5, 0.6) is 0 Å². The molecule has 190 valence electrons. The van der Waals surface area contributed by atoms with Gasteiger partial charge in [-0.3, -0.25) is 4.79 Å². The molecule has 3 nitrogen and oxygen atoms in total. The topological polar surface area (TPSA) is 23.6 Å². The van der Waals surface area contributed by atoms with E-state index < -0.39 is 5.41 Å². The molecule has 0 aliphatic heterocycles. The maximum Gasteiger partial charge on any atom is 0.182 e. The van der Waals surface area contributed by atoms with Crippen LogP contribution in [0.2, 0.25) is 0 Å². The van der Waals surface area contributed by atoms with Gasteiger partial charge in [-0.25, -0.2) is 0 Å². The average molecular weight is 491 g/mol. The molecule has 0 aliphatic rings. The lowest BCUT2D eigenvalue weighted by atomic mass is 9.65. The van der Waals surface area contributed by atoms with Gasteiger partial charge in [0, 0.05) is 43.1 Å². The standard InChI is InChI=1S/C34H38N2O/c1-5-35(6-2)31-23-19-29(20-24-31)34(28-17-13-10-14-18-28,33(37)27-15-11-9-12-16-27)30-21-25-32(26-22-30)36(7-3)8-4/h9-26H,5-8H2,1-4H3. The number of benzene rings is 4. The number of hydrogen-bond acceptors (Lipinski definition) is 3. The predicted molar refractivity (Wildman–Crippen MR) is 157 cm³/mol. The first kappa shape index (κ1) is 26.2. The van der Waals surface area contributed by atoms with Gasteiger partial charge in [0.25, 0.3) is 0 Å². The van der Waals surface area contributed by atoms with E-state index in [4.69, 9.17) is 0 Å². The van der Waals surface area contributed by atoms with Crippen LogP contribution in [0.25, 0.3) is 0 Å². The summed E-state index contributed by atoms with van der Waals surface area (Å²) in [5, 5.41) is 0. The van der Waals surface area contributed by atoms with Gasteiger partial charge in [-0.05, 0) is 68.7 Å². The Morgan fingerprint density at radius 2 is 0.865 bits per heavy atom. The molecule has 4 aromatic rings. The Bertz CT molecular complexity index is 1200. The predicted octanol–water partition coefficient (Wildman–Crippen LogP) is 7.60. The zero-order valence-corrected chi connectivity index (χ0v) is 22.5. The van der Waals surface area contributed by atoms with Crippen molar-refractivity contribution in [2.24, 2.45) is 0 Å². The van der Waals surface area contributed by atoms with Gasteiger partial charge >= 0.3 is 0 Å². The normalized spacial score (nSPS) is 11.2. The highest BCUT2D eigenvalue weighted by Gasteiger charge is 2.44. The lowest BCUT2D eigenvalue weighted by molar-refractivity contribution is 0.0935. The van der Waals surface area contributed by atoms with E-state index in [0.29, 0.717) is 5.56 Å². The monoisotopic (exact) mass is 490 g/mol. The molecular weight excluding hydrogens is 452 g/mol. The van der Waals surface area contributed by atoms with E-state index in [1.165, 1.54) is 11.4 Å². The van der Waals surface area contributed by atoms with Gasteiger partial charge < -0.3 is 9.80 Å². The SMILES string of the molecule is CCN(CC)c1ccc(C(C(=O)c2ccccc2)(c2ccccc2)c2ccc(N(CC)CC)cc2)cc1. The van der Waals surface area contributed by atoms with E-state index >= 15 is 0 Å². The van der Waals surface area contributed by atoms with Crippen LogP contribution in [0.1, 0.15) is 54.7 Å². The molecule has 0 aliphatic carbocycles. The van der Waals surface area contributed by atoms with Crippen molar-refractivity contribution >= 4 is 17.2 Å². The highest BCUT2D eigenvalue weighted by atomic mass is 16.1. The Morgan fingerprint density at radius 1 is 0.514 bits per heavy atom. The smallest absolute Gasteiger partial charge is 0.182 e. The van der Waals surface area contributed by atoms with Gasteiger partial charge in [0.15, 0.2) is 5.78 Å². The Labute approximate surface area is 222 Å². The van der Waals surface area contributed by atoms with Gasteiger partial charge in [-0.1, -0.05) is 84.9 Å². The van der Waals surface area contributed by atoms with E-state index in [1.807, 2.05) is 48.5 Å². The Kier molecular flexibility index (Phi) is 8.45. The third kappa shape index (κ3) is 5.04. The average Bonchev–Trinajstić information content (AvgIpc) is 2.97. The van der Waals surface area contributed by atoms with Crippen LogP contribution in [0.15, 0.2) is 109 Å². The summed E-state index contributed by atoms with van der Waals surface area (Å²) >= 11 is 0. The molecule has 3 heteroatoms. The van der Waals surface area contributed by atoms with Gasteiger partial charge in [0.2, 0.25) is 0 Å². The zero-order chi connectivity index (χ0) is 26.3. The van der Waals surface area contributed by atoms with E-state index in [2.05, 4.69) is 98.2 Å². The van der Waals surface area contributed by atoms with Crippen molar-refractivity contribution in [2.75, 3.05) is 36.0 Å². The summed E-state index contributed by atoms with van der Waals surface area (Å²) in [7, 11) is 0. The highest BCUT2D eigenvalue weighted by molar-refractivity contribution is 6.09. The molecule has 0 N–H and O–H groups in total. The van der Waals surface area contributed by atoms with Crippen LogP contribution in [0.4, 0.5) is 11.4 Å². The summed E-state index contributed by atoms with van der Waals surface area (Å²) in [6.45, 7) is 12.4. The molecule has 4 rings (SSSR count). The number of carbonyl (C=O) groups excluding carboxylic acids is 1. The number of Topliss-reactive ketones (excluding diaryl/α,β-unsaturated/α-hetero) is 1. The number of carbonyl (C=O) groups is 1. The van der Waals surface area contributed by atoms with Gasteiger partial charge in [0.05, 0.1) is 0 Å². The third-order valence-electron chi connectivity index (χ3n) is 7.44. The fourth-order valence-corrected chi connectivity index (χ4v) is 5.41. The van der Waals surface area contributed by atoms with Crippen molar-refractivity contribution in [3.05, 3.63) is 131 Å². The van der Waals surface area contributed by atoms with Crippen molar-refractivity contribution in [1.29, 1.82) is 0 Å². The summed E-state index contributed by atoms with van der Waals surface area (Å²) < 4.78 is 0. The maximum atomic E-state index is 14.7. The van der Waals surface area contributed by atoms with Crippen LogP contribution in [-0.4, -0.2) is 32.0 Å². The zero-order valence-electron chi connectivity index (χ0n) is 22.5. The minimum absolute atomic E-state index is 0.0745. The van der Waals surface area contributed by atoms with Crippen LogP contribution < -0.4 is 9.80 Å². The second kappa shape index (κ2) is 11.9. The molecular formula is C34H38N2O. The van der Waals surface area contributed by atoms with E-state index in [0.717, 1.165) is 42.9 Å². The minimum Gasteiger partial charge on any atom is -0.372 e. The first-order valence-electron chi connectivity index (χ1n) is 13.5. The summed E-state index contributed by atoms with van der Waals surface area (Å²) in [5.41, 5.74) is 4.96. The molecule has 0 aromatic heterocycles. The van der Waals surface area contributed by atoms with E-state index in [9.17, 15) is 4.79 Å². The summed E-state index contributed by atoms with van der Waals surface area (Å²) in [6.07, 6.45) is 0. The van der Waals surface area contributed by atoms with Crippen molar-refractivity contribution in [3.8, 4) is 0 Å². The molecule has 4 aromatic carbocycles. The van der Waals surface area contributed by atoms with Crippen molar-refractivity contribution in [2.45, 2.75) is 33.1 Å². The second-order valence-electron chi connectivity index (χ2n) is 9.25. The minimum atomic E-state index is -0.980. The molecule has 0 atom stereocenters.